The molecule has 1 aliphatic rings. The minimum Gasteiger partial charge on any atom is -0.481 e. The second-order valence-corrected chi connectivity index (χ2v) is 4.69. The summed E-state index contributed by atoms with van der Waals surface area (Å²) in [5, 5.41) is 8.75. The Kier molecular flexibility index (Phi) is 4.52. The van der Waals surface area contributed by atoms with Crippen molar-refractivity contribution in [3.05, 3.63) is 24.0 Å². The van der Waals surface area contributed by atoms with Crippen molar-refractivity contribution in [1.82, 2.24) is 9.88 Å². The lowest BCUT2D eigenvalue weighted by Crippen LogP contribution is -2.46. The molecule has 0 spiro atoms. The number of nitrogens with zero attached hydrogens (tertiary/aromatic N) is 2. The van der Waals surface area contributed by atoms with Crippen LogP contribution in [0.5, 0.6) is 0 Å². The molecule has 1 aliphatic heterocycles. The van der Waals surface area contributed by atoms with Gasteiger partial charge in [-0.3, -0.25) is 14.6 Å². The van der Waals surface area contributed by atoms with E-state index in [1.807, 2.05) is 0 Å². The van der Waals surface area contributed by atoms with Crippen molar-refractivity contribution in [1.29, 1.82) is 0 Å². The number of nitrogens with two attached hydrogens (primary N) is 1. The first kappa shape index (κ1) is 14.3. The molecule has 0 aliphatic carbocycles. The molecule has 0 radical (unpaired) electrons. The molecular weight excluding hydrogens is 262 g/mol. The molecule has 3 N–H and O–H groups in total. The molecule has 108 valence electrons. The Bertz CT molecular complexity index is 489. The predicted molar refractivity (Wildman–Crippen MR) is 70.9 cm³/mol. The van der Waals surface area contributed by atoms with Crippen LogP contribution in [0.2, 0.25) is 0 Å². The highest BCUT2D eigenvalue weighted by Gasteiger charge is 2.25. The topological polar surface area (TPSA) is 106 Å². The molecule has 1 unspecified atom stereocenters. The van der Waals surface area contributed by atoms with Gasteiger partial charge >= 0.3 is 5.97 Å². The number of carbonyl (C=O) groups excluding carboxylic acids is 1. The number of nitrogen functional groups attached to an aromatic ring is 1. The molecule has 1 aromatic rings. The Labute approximate surface area is 116 Å². The number of hydrogen-bond acceptors (Lipinski definition) is 5. The molecule has 0 aromatic carbocycles. The van der Waals surface area contributed by atoms with Crippen molar-refractivity contribution >= 4 is 17.6 Å². The Morgan fingerprint density at radius 2 is 2.30 bits per heavy atom. The molecule has 7 nitrogen and oxygen atoms in total. The van der Waals surface area contributed by atoms with Gasteiger partial charge in [-0.2, -0.15) is 0 Å². The van der Waals surface area contributed by atoms with Gasteiger partial charge in [0.25, 0.3) is 0 Å². The molecule has 0 bridgehead atoms. The van der Waals surface area contributed by atoms with Gasteiger partial charge in [0.1, 0.15) is 0 Å². The zero-order chi connectivity index (χ0) is 14.5. The van der Waals surface area contributed by atoms with Gasteiger partial charge in [-0.15, -0.1) is 0 Å². The molecule has 1 saturated heterocycles. The van der Waals surface area contributed by atoms with Gasteiger partial charge in [-0.05, 0) is 12.1 Å². The summed E-state index contributed by atoms with van der Waals surface area (Å²) in [4.78, 5) is 28.5. The monoisotopic (exact) mass is 279 g/mol. The van der Waals surface area contributed by atoms with Crippen molar-refractivity contribution in [2.45, 2.75) is 18.9 Å². The summed E-state index contributed by atoms with van der Waals surface area (Å²) >= 11 is 0. The van der Waals surface area contributed by atoms with E-state index in [0.29, 0.717) is 31.1 Å². The zero-order valence-electron chi connectivity index (χ0n) is 11.0. The summed E-state index contributed by atoms with van der Waals surface area (Å²) in [6, 6.07) is 3.41. The van der Waals surface area contributed by atoms with Crippen molar-refractivity contribution in [2.24, 2.45) is 0 Å². The first-order valence-corrected chi connectivity index (χ1v) is 6.36. The van der Waals surface area contributed by atoms with Crippen molar-refractivity contribution in [3.63, 3.8) is 0 Å². The molecular formula is C13H17N3O4. The first-order valence-electron chi connectivity index (χ1n) is 6.36. The molecule has 2 heterocycles. The van der Waals surface area contributed by atoms with Gasteiger partial charge in [-0.1, -0.05) is 0 Å². The SMILES string of the molecule is Nc1ccc(CC(=O)N2CCOC(CC(=O)O)C2)nc1. The third kappa shape index (κ3) is 3.92. The number of carbonyl (C=O) groups is 2. The van der Waals surface area contributed by atoms with Crippen molar-refractivity contribution in [3.8, 4) is 0 Å². The quantitative estimate of drug-likeness (QED) is 0.797. The third-order valence-corrected chi connectivity index (χ3v) is 3.07. The van der Waals surface area contributed by atoms with E-state index in [9.17, 15) is 9.59 Å². The van der Waals surface area contributed by atoms with Crippen LogP contribution in [-0.2, 0) is 20.7 Å². The van der Waals surface area contributed by atoms with E-state index in [2.05, 4.69) is 4.98 Å². The number of rotatable bonds is 4. The van der Waals surface area contributed by atoms with E-state index in [-0.39, 0.29) is 18.7 Å². The molecule has 0 saturated carbocycles. The summed E-state index contributed by atoms with van der Waals surface area (Å²) in [5.41, 5.74) is 6.73. The first-order chi connectivity index (χ1) is 9.54. The van der Waals surface area contributed by atoms with Crippen LogP contribution in [-0.4, -0.2) is 52.7 Å². The Hall–Kier alpha value is -2.15. The van der Waals surface area contributed by atoms with Gasteiger partial charge in [0.05, 0.1) is 37.4 Å². The smallest absolute Gasteiger partial charge is 0.306 e. The second-order valence-electron chi connectivity index (χ2n) is 4.69. The van der Waals surface area contributed by atoms with Gasteiger partial charge in [0.2, 0.25) is 5.91 Å². The fourth-order valence-electron chi connectivity index (χ4n) is 2.07. The molecule has 2 rings (SSSR count). The molecule has 20 heavy (non-hydrogen) atoms. The highest BCUT2D eigenvalue weighted by Crippen LogP contribution is 2.11. The van der Waals surface area contributed by atoms with E-state index >= 15 is 0 Å². The van der Waals surface area contributed by atoms with Crippen LogP contribution >= 0.6 is 0 Å². The number of ether oxygens (including phenoxy) is 1. The van der Waals surface area contributed by atoms with Gasteiger partial charge in [-0.25, -0.2) is 0 Å². The second kappa shape index (κ2) is 6.33. The summed E-state index contributed by atoms with van der Waals surface area (Å²) in [7, 11) is 0. The van der Waals surface area contributed by atoms with E-state index < -0.39 is 12.1 Å². The summed E-state index contributed by atoms with van der Waals surface area (Å²) < 4.78 is 5.33. The maximum Gasteiger partial charge on any atom is 0.306 e. The van der Waals surface area contributed by atoms with E-state index in [1.54, 1.807) is 17.0 Å². The molecule has 1 aromatic heterocycles. The number of carboxylic acids is 1. The third-order valence-electron chi connectivity index (χ3n) is 3.07. The number of carboxylic acid groups (broad SMARTS) is 1. The van der Waals surface area contributed by atoms with Crippen LogP contribution in [0.3, 0.4) is 0 Å². The fourth-order valence-corrected chi connectivity index (χ4v) is 2.07. The predicted octanol–water partition coefficient (Wildman–Crippen LogP) is -0.0916. The lowest BCUT2D eigenvalue weighted by molar-refractivity contribution is -0.147. The maximum atomic E-state index is 12.1. The largest absolute Gasteiger partial charge is 0.481 e. The van der Waals surface area contributed by atoms with E-state index in [1.165, 1.54) is 6.20 Å². The molecule has 1 atom stereocenters. The Balaban J connectivity index is 1.91. The minimum atomic E-state index is -0.926. The van der Waals surface area contributed by atoms with Crippen LogP contribution in [0.25, 0.3) is 0 Å². The van der Waals surface area contributed by atoms with Crippen molar-refractivity contribution in [2.75, 3.05) is 25.4 Å². The van der Waals surface area contributed by atoms with Gasteiger partial charge < -0.3 is 20.5 Å². The highest BCUT2D eigenvalue weighted by molar-refractivity contribution is 5.78. The highest BCUT2D eigenvalue weighted by atomic mass is 16.5. The molecule has 1 fully saturated rings. The summed E-state index contributed by atoms with van der Waals surface area (Å²) in [6.45, 7) is 1.14. The van der Waals surface area contributed by atoms with Crippen LogP contribution < -0.4 is 5.73 Å². The zero-order valence-corrected chi connectivity index (χ0v) is 11.0. The number of pyridine rings is 1. The van der Waals surface area contributed by atoms with Crippen molar-refractivity contribution < 1.29 is 19.4 Å². The minimum absolute atomic E-state index is 0.0824. The lowest BCUT2D eigenvalue weighted by atomic mass is 10.2. The number of aromatic nitrogens is 1. The number of aliphatic carboxylic acids is 1. The van der Waals surface area contributed by atoms with Crippen LogP contribution in [0.15, 0.2) is 18.3 Å². The standard InChI is InChI=1S/C13H17N3O4/c14-9-1-2-10(15-7-9)5-12(17)16-3-4-20-11(8-16)6-13(18)19/h1-2,7,11H,3-6,8,14H2,(H,18,19). The summed E-state index contributed by atoms with van der Waals surface area (Å²) in [6.07, 6.45) is 1.16. The average molecular weight is 279 g/mol. The number of hydrogen-bond donors (Lipinski definition) is 2. The fraction of sp³-hybridized carbons (Fsp3) is 0.462. The maximum absolute atomic E-state index is 12.1. The lowest BCUT2D eigenvalue weighted by Gasteiger charge is -2.32. The number of anilines is 1. The Morgan fingerprint density at radius 1 is 1.50 bits per heavy atom. The van der Waals surface area contributed by atoms with E-state index in [0.717, 1.165) is 0 Å². The van der Waals surface area contributed by atoms with Crippen LogP contribution in [0, 0.1) is 0 Å². The van der Waals surface area contributed by atoms with Gasteiger partial charge in [0, 0.05) is 18.8 Å². The van der Waals surface area contributed by atoms with Gasteiger partial charge in [0.15, 0.2) is 0 Å². The average Bonchev–Trinajstić information content (AvgIpc) is 2.41. The summed E-state index contributed by atoms with van der Waals surface area (Å²) in [5.74, 6) is -1.01. The number of morpholine rings is 1. The van der Waals surface area contributed by atoms with Crippen LogP contribution in [0.1, 0.15) is 12.1 Å². The Morgan fingerprint density at radius 3 is 2.95 bits per heavy atom. The molecule has 1 amide bonds. The van der Waals surface area contributed by atoms with E-state index in [4.69, 9.17) is 15.6 Å². The number of amides is 1. The molecule has 7 heteroatoms. The normalized spacial score (nSPS) is 18.8. The van der Waals surface area contributed by atoms with Crippen LogP contribution in [0.4, 0.5) is 5.69 Å².